The first-order valence-corrected chi connectivity index (χ1v) is 9.47. The summed E-state index contributed by atoms with van der Waals surface area (Å²) in [6.45, 7) is 0.0129. The minimum Gasteiger partial charge on any atom is -0.326 e. The molecule has 0 aliphatic heterocycles. The van der Waals surface area contributed by atoms with Gasteiger partial charge in [-0.05, 0) is 42.0 Å². The smallest absolute Gasteiger partial charge is 0.326 e. The van der Waals surface area contributed by atoms with E-state index in [0.717, 1.165) is 0 Å². The maximum Gasteiger partial charge on any atom is 0.695 e. The fourth-order valence-electron chi connectivity index (χ4n) is 2.51. The van der Waals surface area contributed by atoms with Crippen LogP contribution in [0.2, 0.25) is 0 Å². The molecule has 0 saturated heterocycles. The van der Waals surface area contributed by atoms with E-state index < -0.39 is 8.25 Å². The average Bonchev–Trinajstić information content (AvgIpc) is 3.15. The number of nitrogens with one attached hydrogen (secondary N) is 1. The monoisotopic (exact) mass is 403 g/mol. The van der Waals surface area contributed by atoms with Gasteiger partial charge < -0.3 is 5.32 Å². The molecule has 0 bridgehead atoms. The quantitative estimate of drug-likeness (QED) is 0.560. The third kappa shape index (κ3) is 5.50. The largest absolute Gasteiger partial charge is 0.695 e. The first kappa shape index (κ1) is 19.8. The maximum atomic E-state index is 13.1. The van der Waals surface area contributed by atoms with Crippen LogP contribution in [0.25, 0.3) is 5.69 Å². The highest BCUT2D eigenvalue weighted by Crippen LogP contribution is 2.19. The Hall–Kier alpha value is -3.00. The topological polar surface area (TPSA) is 106 Å². The second kappa shape index (κ2) is 9.27. The molecule has 1 unspecified atom stereocenters. The number of amides is 1. The molecule has 3 aromatic rings. The number of aryl methyl sites for hydroxylation is 1. The van der Waals surface area contributed by atoms with Crippen LogP contribution in [0, 0.1) is 5.82 Å². The van der Waals surface area contributed by atoms with Crippen molar-refractivity contribution in [1.29, 1.82) is 0 Å². The molecule has 28 heavy (non-hydrogen) atoms. The molecule has 1 atom stereocenters. The molecule has 1 aromatic heterocycles. The number of aromatic nitrogens is 3. The first-order chi connectivity index (χ1) is 13.5. The maximum absolute atomic E-state index is 13.1. The van der Waals surface area contributed by atoms with Gasteiger partial charge in [0.05, 0.1) is 0 Å². The average molecular weight is 403 g/mol. The highest BCUT2D eigenvalue weighted by molar-refractivity contribution is 7.32. The van der Waals surface area contributed by atoms with Crippen LogP contribution < -0.4 is 5.32 Å². The van der Waals surface area contributed by atoms with Crippen molar-refractivity contribution in [2.75, 3.05) is 5.32 Å². The van der Waals surface area contributed by atoms with Crippen molar-refractivity contribution in [3.8, 4) is 5.69 Å². The van der Waals surface area contributed by atoms with Crippen LogP contribution in [0.3, 0.4) is 0 Å². The van der Waals surface area contributed by atoms with E-state index in [-0.39, 0.29) is 24.8 Å². The standard InChI is InChI=1S/C18H16FN4O4P/c19-14-3-7-16(8-4-14)23-12-20-22-17(23)9-10-18(24)21-15-5-1-13(2-6-15)11-27-28(25)26/h1-8,12H,9-11H2,(H-,21,24,25,26)/p+1. The highest BCUT2D eigenvalue weighted by Gasteiger charge is 2.12. The van der Waals surface area contributed by atoms with E-state index in [2.05, 4.69) is 20.0 Å². The van der Waals surface area contributed by atoms with Gasteiger partial charge in [-0.3, -0.25) is 9.36 Å². The molecular formula is C18H17FN4O4P+. The van der Waals surface area contributed by atoms with Crippen LogP contribution in [0.1, 0.15) is 17.8 Å². The van der Waals surface area contributed by atoms with Gasteiger partial charge in [0, 0.05) is 28.8 Å². The number of carbonyl (C=O) groups is 1. The number of hydrogen-bond donors (Lipinski definition) is 2. The van der Waals surface area contributed by atoms with Crippen molar-refractivity contribution in [1.82, 2.24) is 14.8 Å². The summed E-state index contributed by atoms with van der Waals surface area (Å²) in [4.78, 5) is 20.8. The fourth-order valence-corrected chi connectivity index (χ4v) is 2.77. The van der Waals surface area contributed by atoms with Gasteiger partial charge in [0.1, 0.15) is 24.6 Å². The molecule has 0 radical (unpaired) electrons. The number of hydrogen-bond acceptors (Lipinski definition) is 5. The molecule has 144 valence electrons. The van der Waals surface area contributed by atoms with Gasteiger partial charge in [-0.15, -0.1) is 19.6 Å². The Morgan fingerprint density at radius 3 is 2.57 bits per heavy atom. The van der Waals surface area contributed by atoms with Crippen molar-refractivity contribution < 1.29 is 23.2 Å². The summed E-state index contributed by atoms with van der Waals surface area (Å²) in [5.74, 6) is 0.0592. The van der Waals surface area contributed by atoms with E-state index in [4.69, 9.17) is 4.89 Å². The van der Waals surface area contributed by atoms with Crippen LogP contribution in [0.15, 0.2) is 54.9 Å². The Bertz CT molecular complexity index is 960. The van der Waals surface area contributed by atoms with Crippen molar-refractivity contribution in [2.24, 2.45) is 0 Å². The normalized spacial score (nSPS) is 11.3. The minimum atomic E-state index is -2.64. The van der Waals surface area contributed by atoms with Crippen LogP contribution in [-0.4, -0.2) is 25.6 Å². The Labute approximate surface area is 160 Å². The molecule has 8 nitrogen and oxygen atoms in total. The van der Waals surface area contributed by atoms with E-state index in [0.29, 0.717) is 29.2 Å². The zero-order valence-corrected chi connectivity index (χ0v) is 15.6. The number of carbonyl (C=O) groups excluding carboxylic acids is 1. The number of benzene rings is 2. The van der Waals surface area contributed by atoms with Gasteiger partial charge in [-0.25, -0.2) is 4.39 Å². The number of anilines is 1. The summed E-state index contributed by atoms with van der Waals surface area (Å²) < 4.78 is 29.9. The molecule has 0 fully saturated rings. The summed E-state index contributed by atoms with van der Waals surface area (Å²) in [5.41, 5.74) is 2.02. The minimum absolute atomic E-state index is 0.0129. The Morgan fingerprint density at radius 1 is 1.18 bits per heavy atom. The molecule has 2 aromatic carbocycles. The lowest BCUT2D eigenvalue weighted by molar-refractivity contribution is -0.116. The Kier molecular flexibility index (Phi) is 6.54. The lowest BCUT2D eigenvalue weighted by Gasteiger charge is -2.08. The Balaban J connectivity index is 1.54. The lowest BCUT2D eigenvalue weighted by Crippen LogP contribution is -2.13. The first-order valence-electron chi connectivity index (χ1n) is 8.34. The van der Waals surface area contributed by atoms with Crippen LogP contribution in [0.4, 0.5) is 10.1 Å². The third-order valence-corrected chi connectivity index (χ3v) is 4.23. The van der Waals surface area contributed by atoms with E-state index in [1.165, 1.54) is 18.5 Å². The van der Waals surface area contributed by atoms with Crippen LogP contribution in [-0.2, 0) is 26.9 Å². The van der Waals surface area contributed by atoms with Gasteiger partial charge in [0.15, 0.2) is 0 Å². The summed E-state index contributed by atoms with van der Waals surface area (Å²) in [6.07, 6.45) is 2.07. The highest BCUT2D eigenvalue weighted by atomic mass is 31.1. The molecule has 0 saturated carbocycles. The second-order valence-corrected chi connectivity index (χ2v) is 6.58. The Morgan fingerprint density at radius 2 is 1.89 bits per heavy atom. The van der Waals surface area contributed by atoms with Gasteiger partial charge in [-0.1, -0.05) is 12.1 Å². The fraction of sp³-hybridized carbons (Fsp3) is 0.167. The molecule has 3 rings (SSSR count). The predicted molar refractivity (Wildman–Crippen MR) is 99.3 cm³/mol. The summed E-state index contributed by atoms with van der Waals surface area (Å²) in [6, 6.07) is 12.7. The molecule has 1 amide bonds. The van der Waals surface area contributed by atoms with Crippen LogP contribution >= 0.6 is 8.25 Å². The summed E-state index contributed by atoms with van der Waals surface area (Å²) in [7, 11) is -2.64. The van der Waals surface area contributed by atoms with Gasteiger partial charge in [-0.2, -0.15) is 0 Å². The van der Waals surface area contributed by atoms with E-state index >= 15 is 0 Å². The number of nitrogens with zero attached hydrogens (tertiary/aromatic N) is 3. The molecular weight excluding hydrogens is 386 g/mol. The van der Waals surface area contributed by atoms with Crippen molar-refractivity contribution in [2.45, 2.75) is 19.4 Å². The molecule has 1 heterocycles. The van der Waals surface area contributed by atoms with E-state index in [1.54, 1.807) is 41.0 Å². The second-order valence-electron chi connectivity index (χ2n) is 5.85. The van der Waals surface area contributed by atoms with Crippen molar-refractivity contribution in [3.05, 3.63) is 72.1 Å². The van der Waals surface area contributed by atoms with E-state index in [9.17, 15) is 13.8 Å². The molecule has 10 heteroatoms. The van der Waals surface area contributed by atoms with Gasteiger partial charge in [0.2, 0.25) is 5.91 Å². The zero-order chi connectivity index (χ0) is 19.9. The van der Waals surface area contributed by atoms with E-state index in [1.807, 2.05) is 0 Å². The van der Waals surface area contributed by atoms with Crippen molar-refractivity contribution >= 4 is 19.8 Å². The molecule has 2 N–H and O–H groups in total. The van der Waals surface area contributed by atoms with Gasteiger partial charge in [0.25, 0.3) is 0 Å². The molecule has 0 spiro atoms. The van der Waals surface area contributed by atoms with Gasteiger partial charge >= 0.3 is 8.25 Å². The SMILES string of the molecule is O=C(CCc1nncn1-c1ccc(F)cc1)Nc1ccc(CO[P+](=O)O)cc1. The summed E-state index contributed by atoms with van der Waals surface area (Å²) >= 11 is 0. The zero-order valence-electron chi connectivity index (χ0n) is 14.7. The third-order valence-electron chi connectivity index (χ3n) is 3.88. The predicted octanol–water partition coefficient (Wildman–Crippen LogP) is 3.14. The molecule has 0 aliphatic carbocycles. The summed E-state index contributed by atoms with van der Waals surface area (Å²) in [5, 5.41) is 10.6. The number of halogens is 1. The number of rotatable bonds is 8. The molecule has 0 aliphatic rings. The lowest BCUT2D eigenvalue weighted by atomic mass is 10.2. The van der Waals surface area contributed by atoms with Crippen molar-refractivity contribution in [3.63, 3.8) is 0 Å². The van der Waals surface area contributed by atoms with Crippen LogP contribution in [0.5, 0.6) is 0 Å².